The fourth-order valence-corrected chi connectivity index (χ4v) is 2.56. The lowest BCUT2D eigenvalue weighted by Gasteiger charge is -2.18. The van der Waals surface area contributed by atoms with Crippen molar-refractivity contribution in [2.45, 2.75) is 13.5 Å². The minimum absolute atomic E-state index is 0.0275. The Bertz CT molecular complexity index is 764. The van der Waals surface area contributed by atoms with Crippen molar-refractivity contribution >= 4 is 27.5 Å². The molecular formula is C17H17BrN2O4. The van der Waals surface area contributed by atoms with Gasteiger partial charge >= 0.3 is 0 Å². The largest absolute Gasteiger partial charge is 0.484 e. The van der Waals surface area contributed by atoms with Gasteiger partial charge in [0.15, 0.2) is 6.61 Å². The van der Waals surface area contributed by atoms with Crippen LogP contribution in [0.3, 0.4) is 0 Å². The second-order valence-corrected chi connectivity index (χ2v) is 6.19. The molecule has 0 radical (unpaired) electrons. The number of ether oxygens (including phenoxy) is 1. The van der Waals surface area contributed by atoms with Crippen LogP contribution >= 0.6 is 15.9 Å². The molecule has 1 amide bonds. The lowest BCUT2D eigenvalue weighted by Crippen LogP contribution is -2.31. The van der Waals surface area contributed by atoms with E-state index in [1.807, 2.05) is 24.3 Å². The monoisotopic (exact) mass is 392 g/mol. The third kappa shape index (κ3) is 4.55. The molecule has 0 fully saturated rings. The maximum absolute atomic E-state index is 12.2. The number of carbonyl (C=O) groups excluding carboxylic acids is 1. The number of benzene rings is 2. The van der Waals surface area contributed by atoms with Gasteiger partial charge in [0, 0.05) is 29.7 Å². The summed E-state index contributed by atoms with van der Waals surface area (Å²) in [6.07, 6.45) is 0. The molecule has 2 aromatic rings. The second-order valence-electron chi connectivity index (χ2n) is 5.34. The molecule has 0 aliphatic rings. The Kier molecular flexibility index (Phi) is 5.92. The van der Waals surface area contributed by atoms with Crippen LogP contribution in [0.15, 0.2) is 46.9 Å². The van der Waals surface area contributed by atoms with Crippen LogP contribution in [0.5, 0.6) is 5.75 Å². The Morgan fingerprint density at radius 3 is 2.62 bits per heavy atom. The molecule has 0 heterocycles. The average molecular weight is 393 g/mol. The molecule has 0 N–H and O–H groups in total. The van der Waals surface area contributed by atoms with Crippen molar-refractivity contribution in [2.24, 2.45) is 0 Å². The number of nitro benzene ring substituents is 1. The van der Waals surface area contributed by atoms with Gasteiger partial charge in [-0.2, -0.15) is 0 Å². The quantitative estimate of drug-likeness (QED) is 0.554. The van der Waals surface area contributed by atoms with E-state index in [9.17, 15) is 14.9 Å². The van der Waals surface area contributed by atoms with Crippen molar-refractivity contribution in [3.63, 3.8) is 0 Å². The van der Waals surface area contributed by atoms with Gasteiger partial charge in [-0.3, -0.25) is 14.9 Å². The molecule has 126 valence electrons. The standard InChI is InChI=1S/C17H17BrN2O4/c1-12-9-14(7-8-16(12)20(22)23)24-11-17(21)19(2)10-13-5-3-4-6-15(13)18/h3-9H,10-11H2,1-2H3. The summed E-state index contributed by atoms with van der Waals surface area (Å²) in [5, 5.41) is 10.8. The number of aryl methyl sites for hydroxylation is 1. The SMILES string of the molecule is Cc1cc(OCC(=O)N(C)Cc2ccccc2Br)ccc1[N+](=O)[O-]. The molecule has 2 aromatic carbocycles. The van der Waals surface area contributed by atoms with Gasteiger partial charge in [-0.15, -0.1) is 0 Å². The van der Waals surface area contributed by atoms with Crippen LogP contribution in [0.25, 0.3) is 0 Å². The maximum atomic E-state index is 12.2. The van der Waals surface area contributed by atoms with E-state index >= 15 is 0 Å². The van der Waals surface area contributed by atoms with Gasteiger partial charge in [0.25, 0.3) is 11.6 Å². The lowest BCUT2D eigenvalue weighted by molar-refractivity contribution is -0.385. The zero-order valence-electron chi connectivity index (χ0n) is 13.4. The van der Waals surface area contributed by atoms with E-state index in [2.05, 4.69) is 15.9 Å². The Morgan fingerprint density at radius 1 is 1.29 bits per heavy atom. The van der Waals surface area contributed by atoms with Crippen LogP contribution < -0.4 is 4.74 Å². The van der Waals surface area contributed by atoms with E-state index in [0.717, 1.165) is 10.0 Å². The van der Waals surface area contributed by atoms with Crippen LogP contribution in [0.1, 0.15) is 11.1 Å². The highest BCUT2D eigenvalue weighted by atomic mass is 79.9. The molecule has 0 unspecified atom stereocenters. The molecule has 0 aromatic heterocycles. The number of nitrogens with zero attached hydrogens (tertiary/aromatic N) is 2. The minimum atomic E-state index is -0.449. The van der Waals surface area contributed by atoms with Crippen LogP contribution in [0.4, 0.5) is 5.69 Å². The Hall–Kier alpha value is -2.41. The van der Waals surface area contributed by atoms with Gasteiger partial charge in [-0.1, -0.05) is 34.1 Å². The lowest BCUT2D eigenvalue weighted by atomic mass is 10.2. The third-order valence-electron chi connectivity index (χ3n) is 3.52. The summed E-state index contributed by atoms with van der Waals surface area (Å²) in [7, 11) is 1.70. The van der Waals surface area contributed by atoms with Crippen molar-refractivity contribution in [3.8, 4) is 5.75 Å². The first-order valence-corrected chi connectivity index (χ1v) is 8.03. The van der Waals surface area contributed by atoms with E-state index in [4.69, 9.17) is 4.74 Å². The number of nitro groups is 1. The van der Waals surface area contributed by atoms with Gasteiger partial charge in [0.1, 0.15) is 5.75 Å². The fraction of sp³-hybridized carbons (Fsp3) is 0.235. The van der Waals surface area contributed by atoms with Gasteiger partial charge < -0.3 is 9.64 Å². The summed E-state index contributed by atoms with van der Waals surface area (Å²) >= 11 is 3.45. The molecule has 7 heteroatoms. The molecule has 0 spiro atoms. The van der Waals surface area contributed by atoms with Crippen molar-refractivity contribution in [2.75, 3.05) is 13.7 Å². The summed E-state index contributed by atoms with van der Waals surface area (Å²) in [5.74, 6) is 0.252. The van der Waals surface area contributed by atoms with Crippen molar-refractivity contribution in [1.82, 2.24) is 4.90 Å². The summed E-state index contributed by atoms with van der Waals surface area (Å²) in [4.78, 5) is 24.1. The predicted octanol–water partition coefficient (Wildman–Crippen LogP) is 3.70. The zero-order chi connectivity index (χ0) is 17.7. The molecule has 24 heavy (non-hydrogen) atoms. The molecule has 2 rings (SSSR count). The smallest absolute Gasteiger partial charge is 0.272 e. The number of likely N-dealkylation sites (N-methyl/N-ethyl adjacent to an activating group) is 1. The van der Waals surface area contributed by atoms with Gasteiger partial charge in [0.05, 0.1) is 4.92 Å². The second kappa shape index (κ2) is 7.92. The van der Waals surface area contributed by atoms with E-state index in [0.29, 0.717) is 17.9 Å². The Morgan fingerprint density at radius 2 is 2.00 bits per heavy atom. The topological polar surface area (TPSA) is 72.7 Å². The fourth-order valence-electron chi connectivity index (χ4n) is 2.15. The Labute approximate surface area is 148 Å². The van der Waals surface area contributed by atoms with E-state index < -0.39 is 4.92 Å². The first kappa shape index (κ1) is 17.9. The molecule has 0 aliphatic carbocycles. The summed E-state index contributed by atoms with van der Waals surface area (Å²) in [6.45, 7) is 1.97. The molecule has 6 nitrogen and oxygen atoms in total. The molecule has 0 saturated heterocycles. The summed E-state index contributed by atoms with van der Waals surface area (Å²) < 4.78 is 6.39. The maximum Gasteiger partial charge on any atom is 0.272 e. The number of amides is 1. The molecule has 0 bridgehead atoms. The highest BCUT2D eigenvalue weighted by Gasteiger charge is 2.14. The molecule has 0 aliphatic heterocycles. The first-order valence-electron chi connectivity index (χ1n) is 7.23. The van der Waals surface area contributed by atoms with Crippen LogP contribution in [0.2, 0.25) is 0 Å². The summed E-state index contributed by atoms with van der Waals surface area (Å²) in [6, 6.07) is 12.1. The van der Waals surface area contributed by atoms with Gasteiger partial charge in [-0.25, -0.2) is 0 Å². The minimum Gasteiger partial charge on any atom is -0.484 e. The van der Waals surface area contributed by atoms with Crippen molar-refractivity contribution in [1.29, 1.82) is 0 Å². The van der Waals surface area contributed by atoms with Crippen LogP contribution in [0, 0.1) is 17.0 Å². The Balaban J connectivity index is 1.94. The van der Waals surface area contributed by atoms with E-state index in [1.165, 1.54) is 12.1 Å². The van der Waals surface area contributed by atoms with Crippen molar-refractivity contribution < 1.29 is 14.5 Å². The number of hydrogen-bond donors (Lipinski definition) is 0. The zero-order valence-corrected chi connectivity index (χ0v) is 14.9. The third-order valence-corrected chi connectivity index (χ3v) is 4.29. The number of halogens is 1. The highest BCUT2D eigenvalue weighted by Crippen LogP contribution is 2.23. The van der Waals surface area contributed by atoms with Crippen LogP contribution in [-0.4, -0.2) is 29.4 Å². The number of rotatable bonds is 6. The number of hydrogen-bond acceptors (Lipinski definition) is 4. The summed E-state index contributed by atoms with van der Waals surface area (Å²) in [5.41, 5.74) is 1.52. The van der Waals surface area contributed by atoms with E-state index in [-0.39, 0.29) is 18.2 Å². The normalized spacial score (nSPS) is 10.3. The van der Waals surface area contributed by atoms with Gasteiger partial charge in [-0.05, 0) is 30.7 Å². The highest BCUT2D eigenvalue weighted by molar-refractivity contribution is 9.10. The average Bonchev–Trinajstić information content (AvgIpc) is 2.54. The molecule has 0 atom stereocenters. The van der Waals surface area contributed by atoms with Gasteiger partial charge in [0.2, 0.25) is 0 Å². The first-order chi connectivity index (χ1) is 11.4. The van der Waals surface area contributed by atoms with Crippen molar-refractivity contribution in [3.05, 3.63) is 68.2 Å². The molecular weight excluding hydrogens is 376 g/mol. The number of carbonyl (C=O) groups is 1. The predicted molar refractivity (Wildman–Crippen MR) is 93.9 cm³/mol. The van der Waals surface area contributed by atoms with Crippen LogP contribution in [-0.2, 0) is 11.3 Å². The molecule has 0 saturated carbocycles. The van der Waals surface area contributed by atoms with E-state index in [1.54, 1.807) is 24.9 Å².